The Morgan fingerprint density at radius 1 is 1.18 bits per heavy atom. The van der Waals surface area contributed by atoms with Gasteiger partial charge in [-0.25, -0.2) is 13.1 Å². The Labute approximate surface area is 267 Å². The number of nitrogens with zero attached hydrogens (tertiary/aromatic N) is 1. The van der Waals surface area contributed by atoms with Crippen molar-refractivity contribution in [1.29, 1.82) is 0 Å². The van der Waals surface area contributed by atoms with E-state index < -0.39 is 27.3 Å². The third-order valence-electron chi connectivity index (χ3n) is 11.0. The first-order chi connectivity index (χ1) is 21.0. The third kappa shape index (κ3) is 5.90. The van der Waals surface area contributed by atoms with Crippen LogP contribution in [0.25, 0.3) is 0 Å². The molecule has 0 unspecified atom stereocenters. The summed E-state index contributed by atoms with van der Waals surface area (Å²) in [6.45, 7) is 7.55. The zero-order valence-electron chi connectivity index (χ0n) is 26.0. The highest BCUT2D eigenvalue weighted by Gasteiger charge is 2.45. The molecule has 1 fully saturated rings. The molecule has 7 atom stereocenters. The van der Waals surface area contributed by atoms with Gasteiger partial charge in [-0.2, -0.15) is 0 Å². The summed E-state index contributed by atoms with van der Waals surface area (Å²) in [5.41, 5.74) is 3.39. The van der Waals surface area contributed by atoms with Crippen LogP contribution in [0.5, 0.6) is 5.75 Å². The number of aryl methyl sites for hydroxylation is 1. The van der Waals surface area contributed by atoms with Gasteiger partial charge in [-0.1, -0.05) is 43.7 Å². The van der Waals surface area contributed by atoms with Gasteiger partial charge < -0.3 is 14.7 Å². The van der Waals surface area contributed by atoms with E-state index in [1.165, 1.54) is 11.1 Å². The van der Waals surface area contributed by atoms with Crippen LogP contribution in [0.2, 0.25) is 5.02 Å². The lowest BCUT2D eigenvalue weighted by atomic mass is 9.64. The lowest BCUT2D eigenvalue weighted by molar-refractivity contribution is 0.0313. The monoisotopic (exact) mass is 640 g/mol. The highest BCUT2D eigenvalue weighted by molar-refractivity contribution is 7.90. The van der Waals surface area contributed by atoms with E-state index in [9.17, 15) is 18.3 Å². The summed E-state index contributed by atoms with van der Waals surface area (Å²) >= 11 is 6.42. The Morgan fingerprint density at radius 3 is 2.75 bits per heavy atom. The minimum absolute atomic E-state index is 0.00557. The van der Waals surface area contributed by atoms with Gasteiger partial charge >= 0.3 is 0 Å². The molecule has 9 heteroatoms. The van der Waals surface area contributed by atoms with Gasteiger partial charge in [0.05, 0.1) is 23.6 Å². The summed E-state index contributed by atoms with van der Waals surface area (Å²) in [5, 5.41) is 11.1. The zero-order valence-corrected chi connectivity index (χ0v) is 27.5. The summed E-state index contributed by atoms with van der Waals surface area (Å²) in [5.74, 6) is 0.555. The highest BCUT2D eigenvalue weighted by Crippen LogP contribution is 2.48. The summed E-state index contributed by atoms with van der Waals surface area (Å²) in [6.07, 6.45) is 10.0. The van der Waals surface area contributed by atoms with Crippen molar-refractivity contribution in [3.05, 3.63) is 70.3 Å². The molecule has 0 radical (unpaired) electrons. The van der Waals surface area contributed by atoms with E-state index in [-0.39, 0.29) is 17.3 Å². The molecule has 1 saturated carbocycles. The topological polar surface area (TPSA) is 95.9 Å². The minimum atomic E-state index is -3.92. The molecular formula is C35H45ClN2O5S. The maximum Gasteiger partial charge on any atom is 0.264 e. The number of ether oxygens (including phenoxy) is 1. The van der Waals surface area contributed by atoms with Gasteiger partial charge in [0.15, 0.2) is 0 Å². The van der Waals surface area contributed by atoms with Crippen LogP contribution in [0.4, 0.5) is 5.69 Å². The molecule has 0 saturated heterocycles. The molecule has 44 heavy (non-hydrogen) atoms. The Kier molecular flexibility index (Phi) is 8.81. The molecule has 2 aromatic carbocycles. The van der Waals surface area contributed by atoms with Gasteiger partial charge in [0.2, 0.25) is 10.0 Å². The summed E-state index contributed by atoms with van der Waals surface area (Å²) in [4.78, 5) is 15.8. The number of aliphatic hydroxyl groups is 1. The predicted molar refractivity (Wildman–Crippen MR) is 175 cm³/mol. The maximum absolute atomic E-state index is 13.4. The lowest BCUT2D eigenvalue weighted by Crippen LogP contribution is -2.49. The summed E-state index contributed by atoms with van der Waals surface area (Å²) in [6, 6.07) is 11.5. The summed E-state index contributed by atoms with van der Waals surface area (Å²) < 4.78 is 35.5. The average molecular weight is 641 g/mol. The van der Waals surface area contributed by atoms with Gasteiger partial charge in [0.1, 0.15) is 5.75 Å². The summed E-state index contributed by atoms with van der Waals surface area (Å²) in [7, 11) is -3.92. The number of carbonyl (C=O) groups excluding carboxylic acids is 1. The molecule has 7 nitrogen and oxygen atoms in total. The van der Waals surface area contributed by atoms with Crippen LogP contribution in [0.1, 0.15) is 80.8 Å². The minimum Gasteiger partial charge on any atom is -0.490 e. The van der Waals surface area contributed by atoms with Crippen LogP contribution < -0.4 is 14.4 Å². The Bertz CT molecular complexity index is 1540. The van der Waals surface area contributed by atoms with Crippen LogP contribution in [0.15, 0.2) is 48.6 Å². The first-order valence-electron chi connectivity index (χ1n) is 16.2. The maximum atomic E-state index is 13.4. The van der Waals surface area contributed by atoms with Crippen molar-refractivity contribution in [2.45, 2.75) is 82.5 Å². The molecule has 1 spiro atoms. The van der Waals surface area contributed by atoms with Gasteiger partial charge in [0, 0.05) is 35.0 Å². The molecule has 2 aliphatic carbocycles. The van der Waals surface area contributed by atoms with E-state index in [2.05, 4.69) is 27.8 Å². The van der Waals surface area contributed by atoms with Crippen LogP contribution >= 0.6 is 11.6 Å². The predicted octanol–water partition coefficient (Wildman–Crippen LogP) is 6.27. The van der Waals surface area contributed by atoms with Crippen LogP contribution in [-0.2, 0) is 21.9 Å². The Morgan fingerprint density at radius 2 is 2.00 bits per heavy atom. The second-order valence-electron chi connectivity index (χ2n) is 13.7. The van der Waals surface area contributed by atoms with E-state index in [1.807, 2.05) is 32.1 Å². The second-order valence-corrected chi connectivity index (χ2v) is 16.1. The number of fused-ring (bicyclic) bond motifs is 4. The molecule has 2 heterocycles. The molecule has 2 bridgehead atoms. The number of halogens is 1. The van der Waals surface area contributed by atoms with Crippen molar-refractivity contribution in [2.24, 2.45) is 23.7 Å². The van der Waals surface area contributed by atoms with E-state index in [4.69, 9.17) is 16.3 Å². The molecule has 4 aliphatic rings. The fraction of sp³-hybridized carbons (Fsp3) is 0.571. The molecular weight excluding hydrogens is 596 g/mol. The molecule has 238 valence electrons. The van der Waals surface area contributed by atoms with Crippen LogP contribution in [0.3, 0.4) is 0 Å². The third-order valence-corrected chi connectivity index (χ3v) is 13.1. The van der Waals surface area contributed by atoms with Gasteiger partial charge in [-0.3, -0.25) is 4.79 Å². The van der Waals surface area contributed by atoms with E-state index >= 15 is 0 Å². The quantitative estimate of drug-likeness (QED) is 0.376. The fourth-order valence-corrected chi connectivity index (χ4v) is 9.40. The average Bonchev–Trinajstić information content (AvgIpc) is 3.13. The van der Waals surface area contributed by atoms with E-state index in [0.29, 0.717) is 49.1 Å². The molecule has 6 rings (SSSR count). The van der Waals surface area contributed by atoms with Crippen molar-refractivity contribution in [2.75, 3.05) is 24.6 Å². The Balaban J connectivity index is 1.44. The number of carbonyl (C=O) groups is 1. The molecule has 2 aromatic rings. The first-order valence-corrected chi connectivity index (χ1v) is 18.1. The Hall–Kier alpha value is -2.55. The zero-order chi connectivity index (χ0) is 31.2. The number of nitrogens with one attached hydrogen (secondary N) is 1. The lowest BCUT2D eigenvalue weighted by Gasteiger charge is -2.47. The van der Waals surface area contributed by atoms with Gasteiger partial charge in [0.25, 0.3) is 5.91 Å². The number of hydrogen-bond donors (Lipinski definition) is 2. The first kappa shape index (κ1) is 31.4. The van der Waals surface area contributed by atoms with Gasteiger partial charge in [-0.15, -0.1) is 0 Å². The SMILES string of the molecule is CC[C@@H](O)[C@H]1/C=C/C[C@H](C)[C@@H](C)S(=O)(=O)NC(=O)c2ccc3c(c2)N(C[C@@H]2CC[C@H]21)C[C@@]1(CCCc2cc(Cl)ccc21)CO3. The van der Waals surface area contributed by atoms with Crippen molar-refractivity contribution < 1.29 is 23.1 Å². The van der Waals surface area contributed by atoms with Crippen LogP contribution in [-0.4, -0.2) is 50.5 Å². The standard InChI is InChI=1S/C35H45ClN2O5S/c1-4-32(39)29-9-5-7-22(2)23(3)44(41,42)37-34(40)25-11-15-33-31(18-25)38(19-26-10-13-28(26)29)20-35(21-43-33)16-6-8-24-17-27(36)12-14-30(24)35/h5,9,11-12,14-15,17-18,22-23,26,28-29,32,39H,4,6-8,10,13,16,19-21H2,1-3H3,(H,37,40)/b9-5+/t22-,23+,26-,28+,29-,32+,35-/m0/s1. The molecule has 0 aromatic heterocycles. The van der Waals surface area contributed by atoms with Crippen LogP contribution in [0, 0.1) is 23.7 Å². The number of amides is 1. The van der Waals surface area contributed by atoms with Crippen molar-refractivity contribution in [3.8, 4) is 5.75 Å². The van der Waals surface area contributed by atoms with Crippen molar-refractivity contribution >= 4 is 33.2 Å². The number of allylic oxidation sites excluding steroid dienone is 1. The van der Waals surface area contributed by atoms with Crippen molar-refractivity contribution in [3.63, 3.8) is 0 Å². The van der Waals surface area contributed by atoms with E-state index in [0.717, 1.165) is 49.4 Å². The number of benzene rings is 2. The number of rotatable bonds is 2. The number of hydrogen-bond acceptors (Lipinski definition) is 6. The second kappa shape index (κ2) is 12.3. The molecule has 1 amide bonds. The number of aliphatic hydroxyl groups excluding tert-OH is 1. The normalized spacial score (nSPS) is 33.1. The largest absolute Gasteiger partial charge is 0.490 e. The van der Waals surface area contributed by atoms with E-state index in [1.54, 1.807) is 19.1 Å². The number of sulfonamides is 1. The molecule has 2 aliphatic heterocycles. The van der Waals surface area contributed by atoms with Gasteiger partial charge in [-0.05, 0) is 111 Å². The highest BCUT2D eigenvalue weighted by atomic mass is 35.5. The number of anilines is 1. The molecule has 2 N–H and O–H groups in total. The van der Waals surface area contributed by atoms with Crippen molar-refractivity contribution in [1.82, 2.24) is 4.72 Å². The smallest absolute Gasteiger partial charge is 0.264 e. The fourth-order valence-electron chi connectivity index (χ4n) is 7.92.